The molecule has 0 spiro atoms. The highest BCUT2D eigenvalue weighted by atomic mass is 32.2. The van der Waals surface area contributed by atoms with Gasteiger partial charge in [-0.15, -0.1) is 18.3 Å². The number of rotatable bonds is 8. The number of carbonyl (C=O) groups excluding carboxylic acids is 1. The van der Waals surface area contributed by atoms with Gasteiger partial charge in [0.1, 0.15) is 0 Å². The van der Waals surface area contributed by atoms with Crippen LogP contribution in [0.25, 0.3) is 0 Å². The monoisotopic (exact) mass is 278 g/mol. The molecule has 104 valence electrons. The zero-order valence-corrected chi connectivity index (χ0v) is 12.4. The second-order valence-corrected chi connectivity index (χ2v) is 5.64. The van der Waals surface area contributed by atoms with Crippen LogP contribution in [0.1, 0.15) is 19.4 Å². The van der Waals surface area contributed by atoms with Gasteiger partial charge in [-0.05, 0) is 31.2 Å². The van der Waals surface area contributed by atoms with Gasteiger partial charge in [0, 0.05) is 18.0 Å². The van der Waals surface area contributed by atoms with E-state index in [1.807, 2.05) is 19.1 Å². The molecular weight excluding hydrogens is 256 g/mol. The summed E-state index contributed by atoms with van der Waals surface area (Å²) in [6.07, 6.45) is 1.69. The quantitative estimate of drug-likeness (QED) is 0.567. The molecular formula is C15H22N2OS. The fourth-order valence-corrected chi connectivity index (χ4v) is 2.55. The third-order valence-electron chi connectivity index (χ3n) is 2.58. The van der Waals surface area contributed by atoms with E-state index in [0.29, 0.717) is 6.54 Å². The van der Waals surface area contributed by atoms with E-state index < -0.39 is 0 Å². The molecule has 1 unspecified atom stereocenters. The standard InChI is InChI=1S/C15H22N2OS/c1-4-9-17-15(18)12(3)19-14-8-6-7-13(10-14)11-16-5-2/h4,6-8,10,12,16H,1,5,9,11H2,2-3H3,(H,17,18). The minimum atomic E-state index is -0.102. The van der Waals surface area contributed by atoms with Crippen molar-refractivity contribution in [3.63, 3.8) is 0 Å². The first kappa shape index (κ1) is 15.8. The molecule has 1 rings (SSSR count). The molecule has 2 N–H and O–H groups in total. The molecule has 1 aromatic rings. The van der Waals surface area contributed by atoms with Crippen molar-refractivity contribution >= 4 is 17.7 Å². The largest absolute Gasteiger partial charge is 0.352 e. The Labute approximate surface area is 119 Å². The van der Waals surface area contributed by atoms with Gasteiger partial charge >= 0.3 is 0 Å². The van der Waals surface area contributed by atoms with Gasteiger partial charge < -0.3 is 10.6 Å². The van der Waals surface area contributed by atoms with Gasteiger partial charge in [-0.3, -0.25) is 4.79 Å². The van der Waals surface area contributed by atoms with Crippen molar-refractivity contribution in [2.24, 2.45) is 0 Å². The van der Waals surface area contributed by atoms with E-state index in [-0.39, 0.29) is 11.2 Å². The smallest absolute Gasteiger partial charge is 0.233 e. The Kier molecular flexibility index (Phi) is 7.30. The van der Waals surface area contributed by atoms with E-state index in [2.05, 4.69) is 36.3 Å². The van der Waals surface area contributed by atoms with Crippen LogP contribution in [-0.4, -0.2) is 24.2 Å². The van der Waals surface area contributed by atoms with Gasteiger partial charge in [-0.2, -0.15) is 0 Å². The maximum atomic E-state index is 11.8. The zero-order valence-electron chi connectivity index (χ0n) is 11.6. The molecule has 0 fully saturated rings. The first-order valence-electron chi connectivity index (χ1n) is 6.52. The molecule has 1 atom stereocenters. The van der Waals surface area contributed by atoms with E-state index in [1.54, 1.807) is 17.8 Å². The van der Waals surface area contributed by atoms with Crippen LogP contribution in [0.3, 0.4) is 0 Å². The van der Waals surface area contributed by atoms with E-state index in [4.69, 9.17) is 0 Å². The lowest BCUT2D eigenvalue weighted by Crippen LogP contribution is -2.30. The first-order chi connectivity index (χ1) is 9.17. The summed E-state index contributed by atoms with van der Waals surface area (Å²) in [6, 6.07) is 8.29. The summed E-state index contributed by atoms with van der Waals surface area (Å²) in [5.74, 6) is 0.0435. The van der Waals surface area contributed by atoms with Crippen molar-refractivity contribution in [2.45, 2.75) is 30.5 Å². The lowest BCUT2D eigenvalue weighted by Gasteiger charge is -2.12. The summed E-state index contributed by atoms with van der Waals surface area (Å²) < 4.78 is 0. The first-order valence-corrected chi connectivity index (χ1v) is 7.40. The molecule has 0 aromatic heterocycles. The Balaban J connectivity index is 2.55. The molecule has 0 radical (unpaired) electrons. The van der Waals surface area contributed by atoms with Crippen molar-refractivity contribution in [2.75, 3.05) is 13.1 Å². The number of hydrogen-bond donors (Lipinski definition) is 2. The van der Waals surface area contributed by atoms with E-state index in [9.17, 15) is 4.79 Å². The van der Waals surface area contributed by atoms with Crippen LogP contribution in [0.15, 0.2) is 41.8 Å². The van der Waals surface area contributed by atoms with E-state index in [1.165, 1.54) is 5.56 Å². The summed E-state index contributed by atoms with van der Waals surface area (Å²) in [4.78, 5) is 12.9. The molecule has 4 heteroatoms. The number of amides is 1. The highest BCUT2D eigenvalue weighted by Gasteiger charge is 2.13. The van der Waals surface area contributed by atoms with Gasteiger partial charge in [0.2, 0.25) is 5.91 Å². The van der Waals surface area contributed by atoms with E-state index >= 15 is 0 Å². The molecule has 0 aliphatic heterocycles. The van der Waals surface area contributed by atoms with Crippen LogP contribution in [0.5, 0.6) is 0 Å². The molecule has 0 saturated heterocycles. The zero-order chi connectivity index (χ0) is 14.1. The maximum absolute atomic E-state index is 11.8. The van der Waals surface area contributed by atoms with Crippen LogP contribution >= 0.6 is 11.8 Å². The van der Waals surface area contributed by atoms with Gasteiger partial charge in [0.05, 0.1) is 5.25 Å². The van der Waals surface area contributed by atoms with Crippen LogP contribution in [-0.2, 0) is 11.3 Å². The molecule has 0 saturated carbocycles. The fraction of sp³-hybridized carbons (Fsp3) is 0.400. The van der Waals surface area contributed by atoms with Crippen LogP contribution in [0, 0.1) is 0 Å². The number of benzene rings is 1. The molecule has 0 bridgehead atoms. The fourth-order valence-electron chi connectivity index (χ4n) is 1.57. The van der Waals surface area contributed by atoms with Crippen molar-refractivity contribution in [1.29, 1.82) is 0 Å². The van der Waals surface area contributed by atoms with Crippen molar-refractivity contribution < 1.29 is 4.79 Å². The van der Waals surface area contributed by atoms with Crippen molar-refractivity contribution in [3.05, 3.63) is 42.5 Å². The Bertz CT molecular complexity index is 420. The minimum Gasteiger partial charge on any atom is -0.352 e. The van der Waals surface area contributed by atoms with E-state index in [0.717, 1.165) is 18.0 Å². The third-order valence-corrected chi connectivity index (χ3v) is 3.67. The summed E-state index contributed by atoms with van der Waals surface area (Å²) in [7, 11) is 0. The Hall–Kier alpha value is -1.26. The molecule has 19 heavy (non-hydrogen) atoms. The molecule has 3 nitrogen and oxygen atoms in total. The van der Waals surface area contributed by atoms with Crippen molar-refractivity contribution in [3.8, 4) is 0 Å². The Morgan fingerprint density at radius 2 is 2.32 bits per heavy atom. The van der Waals surface area contributed by atoms with Crippen LogP contribution in [0.2, 0.25) is 0 Å². The molecule has 0 heterocycles. The number of hydrogen-bond acceptors (Lipinski definition) is 3. The second-order valence-electron chi connectivity index (χ2n) is 4.22. The van der Waals surface area contributed by atoms with Crippen LogP contribution in [0.4, 0.5) is 0 Å². The summed E-state index contributed by atoms with van der Waals surface area (Å²) in [6.45, 7) is 9.93. The SMILES string of the molecule is C=CCNC(=O)C(C)Sc1cccc(CNCC)c1. The number of thioether (sulfide) groups is 1. The number of nitrogens with one attached hydrogen (secondary N) is 2. The average Bonchev–Trinajstić information content (AvgIpc) is 2.42. The lowest BCUT2D eigenvalue weighted by atomic mass is 10.2. The summed E-state index contributed by atoms with van der Waals surface area (Å²) in [5.41, 5.74) is 1.24. The normalized spacial score (nSPS) is 11.9. The minimum absolute atomic E-state index is 0.0435. The average molecular weight is 278 g/mol. The molecule has 0 aliphatic rings. The second kappa shape index (κ2) is 8.77. The van der Waals surface area contributed by atoms with Gasteiger partial charge in [0.25, 0.3) is 0 Å². The Morgan fingerprint density at radius 1 is 1.53 bits per heavy atom. The summed E-state index contributed by atoms with van der Waals surface area (Å²) >= 11 is 1.58. The Morgan fingerprint density at radius 3 is 3.00 bits per heavy atom. The molecule has 1 amide bonds. The van der Waals surface area contributed by atoms with Gasteiger partial charge in [-0.25, -0.2) is 0 Å². The topological polar surface area (TPSA) is 41.1 Å². The highest BCUT2D eigenvalue weighted by molar-refractivity contribution is 8.00. The molecule has 0 aliphatic carbocycles. The van der Waals surface area contributed by atoms with Gasteiger partial charge in [-0.1, -0.05) is 25.1 Å². The third kappa shape index (κ3) is 5.94. The van der Waals surface area contributed by atoms with Gasteiger partial charge in [0.15, 0.2) is 0 Å². The predicted molar refractivity (Wildman–Crippen MR) is 82.3 cm³/mol. The lowest BCUT2D eigenvalue weighted by molar-refractivity contribution is -0.120. The molecule has 1 aromatic carbocycles. The predicted octanol–water partition coefficient (Wildman–Crippen LogP) is 2.58. The highest BCUT2D eigenvalue weighted by Crippen LogP contribution is 2.24. The maximum Gasteiger partial charge on any atom is 0.233 e. The number of carbonyl (C=O) groups is 1. The van der Waals surface area contributed by atoms with Crippen LogP contribution < -0.4 is 10.6 Å². The van der Waals surface area contributed by atoms with Crippen molar-refractivity contribution in [1.82, 2.24) is 10.6 Å². The summed E-state index contributed by atoms with van der Waals surface area (Å²) in [5, 5.41) is 6.00.